The molecular formula is C15H23. The van der Waals surface area contributed by atoms with Crippen LogP contribution in [0.3, 0.4) is 0 Å². The Balaban J connectivity index is 2.28. The van der Waals surface area contributed by atoms with Crippen molar-refractivity contribution in [2.75, 3.05) is 0 Å². The Bertz CT molecular complexity index is 237. The molecule has 1 atom stereocenters. The molecule has 0 spiro atoms. The lowest BCUT2D eigenvalue weighted by molar-refractivity contribution is 0.500. The number of rotatable bonds is 7. The van der Waals surface area contributed by atoms with Crippen LogP contribution in [0, 0.1) is 12.3 Å². The normalized spacial score (nSPS) is 12.7. The lowest BCUT2D eigenvalue weighted by atomic mass is 9.92. The summed E-state index contributed by atoms with van der Waals surface area (Å²) < 4.78 is 0. The second-order valence-electron chi connectivity index (χ2n) is 4.24. The van der Waals surface area contributed by atoms with Gasteiger partial charge in [-0.15, -0.1) is 0 Å². The first-order valence-electron chi connectivity index (χ1n) is 6.24. The van der Waals surface area contributed by atoms with Gasteiger partial charge in [0.1, 0.15) is 0 Å². The van der Waals surface area contributed by atoms with Gasteiger partial charge in [0.25, 0.3) is 0 Å². The summed E-state index contributed by atoms with van der Waals surface area (Å²) in [5, 5.41) is 0. The average molecular weight is 203 g/mol. The predicted octanol–water partition coefficient (Wildman–Crippen LogP) is 4.65. The molecule has 15 heavy (non-hydrogen) atoms. The molecule has 0 amide bonds. The topological polar surface area (TPSA) is 0 Å². The van der Waals surface area contributed by atoms with Gasteiger partial charge in [-0.1, -0.05) is 69.9 Å². The van der Waals surface area contributed by atoms with E-state index in [9.17, 15) is 0 Å². The first kappa shape index (κ1) is 12.3. The first-order chi connectivity index (χ1) is 7.36. The van der Waals surface area contributed by atoms with E-state index in [0.29, 0.717) is 0 Å². The molecule has 0 N–H and O–H groups in total. The molecule has 0 nitrogen and oxygen atoms in total. The molecule has 0 heteroatoms. The summed E-state index contributed by atoms with van der Waals surface area (Å²) in [6.45, 7) is 4.56. The van der Waals surface area contributed by atoms with Crippen LogP contribution in [0.1, 0.15) is 45.1 Å². The van der Waals surface area contributed by atoms with Crippen molar-refractivity contribution in [3.8, 4) is 0 Å². The van der Waals surface area contributed by atoms with E-state index in [4.69, 9.17) is 0 Å². The Hall–Kier alpha value is -0.780. The highest BCUT2D eigenvalue weighted by Gasteiger charge is 2.05. The summed E-state index contributed by atoms with van der Waals surface area (Å²) in [5.41, 5.74) is 1.44. The third-order valence-electron chi connectivity index (χ3n) is 2.98. The Morgan fingerprint density at radius 2 is 1.87 bits per heavy atom. The largest absolute Gasteiger partial charge is 0.0654 e. The monoisotopic (exact) mass is 203 g/mol. The zero-order chi connectivity index (χ0) is 10.9. The fraction of sp³-hybridized carbons (Fsp3) is 0.533. The van der Waals surface area contributed by atoms with Crippen molar-refractivity contribution >= 4 is 0 Å². The number of benzene rings is 1. The molecule has 1 radical (unpaired) electrons. The van der Waals surface area contributed by atoms with Crippen LogP contribution in [0.2, 0.25) is 0 Å². The van der Waals surface area contributed by atoms with Crippen LogP contribution in [-0.4, -0.2) is 0 Å². The summed E-state index contributed by atoms with van der Waals surface area (Å²) in [4.78, 5) is 0. The van der Waals surface area contributed by atoms with E-state index in [1.165, 1.54) is 31.2 Å². The van der Waals surface area contributed by atoms with Crippen molar-refractivity contribution in [1.29, 1.82) is 0 Å². The summed E-state index contributed by atoms with van der Waals surface area (Å²) in [7, 11) is 0. The van der Waals surface area contributed by atoms with E-state index in [2.05, 4.69) is 50.6 Å². The standard InChI is InChI=1S/C15H23/c1-3-5-9-14(4-2)12-13-15-10-7-6-8-11-15/h6-8,10-12,14H,3-5,9,13H2,1-2H3. The molecule has 1 rings (SSSR count). The molecule has 0 aliphatic heterocycles. The minimum absolute atomic E-state index is 0.810. The highest BCUT2D eigenvalue weighted by molar-refractivity contribution is 5.16. The van der Waals surface area contributed by atoms with Gasteiger partial charge in [0.05, 0.1) is 0 Å². The summed E-state index contributed by atoms with van der Waals surface area (Å²) in [6, 6.07) is 10.7. The van der Waals surface area contributed by atoms with Crippen molar-refractivity contribution in [3.05, 3.63) is 42.3 Å². The second kappa shape index (κ2) is 7.50. The fourth-order valence-electron chi connectivity index (χ4n) is 1.87. The van der Waals surface area contributed by atoms with Gasteiger partial charge in [0.15, 0.2) is 0 Å². The minimum atomic E-state index is 0.810. The maximum absolute atomic E-state index is 2.49. The highest BCUT2D eigenvalue weighted by Crippen LogP contribution is 2.18. The maximum Gasteiger partial charge on any atom is -0.0245 e. The van der Waals surface area contributed by atoms with Crippen LogP contribution in [-0.2, 0) is 6.42 Å². The summed E-state index contributed by atoms with van der Waals surface area (Å²) in [6.07, 6.45) is 8.94. The van der Waals surface area contributed by atoms with E-state index in [-0.39, 0.29) is 0 Å². The first-order valence-corrected chi connectivity index (χ1v) is 6.24. The van der Waals surface area contributed by atoms with E-state index in [1.54, 1.807) is 0 Å². The maximum atomic E-state index is 2.49. The van der Waals surface area contributed by atoms with Crippen molar-refractivity contribution in [2.24, 2.45) is 5.92 Å². The van der Waals surface area contributed by atoms with Crippen molar-refractivity contribution in [3.63, 3.8) is 0 Å². The van der Waals surface area contributed by atoms with Crippen molar-refractivity contribution in [2.45, 2.75) is 46.0 Å². The van der Waals surface area contributed by atoms with E-state index >= 15 is 0 Å². The Morgan fingerprint density at radius 1 is 1.13 bits per heavy atom. The van der Waals surface area contributed by atoms with Crippen LogP contribution < -0.4 is 0 Å². The van der Waals surface area contributed by atoms with E-state index in [1.807, 2.05) is 0 Å². The Morgan fingerprint density at radius 3 is 2.47 bits per heavy atom. The smallest absolute Gasteiger partial charge is 0.0245 e. The molecule has 0 heterocycles. The average Bonchev–Trinajstić information content (AvgIpc) is 2.31. The van der Waals surface area contributed by atoms with Gasteiger partial charge in [0, 0.05) is 0 Å². The molecule has 1 unspecified atom stereocenters. The zero-order valence-corrected chi connectivity index (χ0v) is 10.1. The van der Waals surface area contributed by atoms with Gasteiger partial charge in [-0.05, 0) is 24.3 Å². The molecular weight excluding hydrogens is 180 g/mol. The molecule has 1 aromatic carbocycles. The van der Waals surface area contributed by atoms with E-state index in [0.717, 1.165) is 12.3 Å². The molecule has 83 valence electrons. The van der Waals surface area contributed by atoms with Gasteiger partial charge in [-0.25, -0.2) is 0 Å². The fourth-order valence-corrected chi connectivity index (χ4v) is 1.87. The molecule has 0 saturated carbocycles. The number of unbranched alkanes of at least 4 members (excludes halogenated alkanes) is 1. The lowest BCUT2D eigenvalue weighted by Crippen LogP contribution is -2.02. The predicted molar refractivity (Wildman–Crippen MR) is 67.8 cm³/mol. The van der Waals surface area contributed by atoms with Crippen LogP contribution in [0.4, 0.5) is 0 Å². The van der Waals surface area contributed by atoms with Gasteiger partial charge < -0.3 is 0 Å². The van der Waals surface area contributed by atoms with Crippen LogP contribution in [0.25, 0.3) is 0 Å². The Kier molecular flexibility index (Phi) is 6.15. The van der Waals surface area contributed by atoms with Crippen molar-refractivity contribution < 1.29 is 0 Å². The van der Waals surface area contributed by atoms with Crippen LogP contribution in [0.15, 0.2) is 30.3 Å². The number of hydrogen-bond acceptors (Lipinski definition) is 0. The SMILES string of the molecule is CCCCC([CH]Cc1ccccc1)CC. The van der Waals surface area contributed by atoms with Crippen LogP contribution >= 0.6 is 0 Å². The quantitative estimate of drug-likeness (QED) is 0.605. The second-order valence-corrected chi connectivity index (χ2v) is 4.24. The molecule has 0 bridgehead atoms. The highest BCUT2D eigenvalue weighted by atomic mass is 14.1. The minimum Gasteiger partial charge on any atom is -0.0654 e. The number of hydrogen-bond donors (Lipinski definition) is 0. The molecule has 1 aromatic rings. The van der Waals surface area contributed by atoms with Gasteiger partial charge >= 0.3 is 0 Å². The third kappa shape index (κ3) is 5.01. The van der Waals surface area contributed by atoms with Gasteiger partial charge in [-0.3, -0.25) is 0 Å². The zero-order valence-electron chi connectivity index (χ0n) is 10.1. The lowest BCUT2D eigenvalue weighted by Gasteiger charge is -2.13. The van der Waals surface area contributed by atoms with Crippen molar-refractivity contribution in [1.82, 2.24) is 0 Å². The summed E-state index contributed by atoms with van der Waals surface area (Å²) in [5.74, 6) is 0.810. The molecule has 0 aliphatic rings. The Labute approximate surface area is 94.7 Å². The molecule has 0 saturated heterocycles. The van der Waals surface area contributed by atoms with Gasteiger partial charge in [-0.2, -0.15) is 0 Å². The third-order valence-corrected chi connectivity index (χ3v) is 2.98. The molecule has 0 aliphatic carbocycles. The van der Waals surface area contributed by atoms with E-state index < -0.39 is 0 Å². The molecule has 0 fully saturated rings. The van der Waals surface area contributed by atoms with Gasteiger partial charge in [0.2, 0.25) is 0 Å². The molecule has 0 aromatic heterocycles. The summed E-state index contributed by atoms with van der Waals surface area (Å²) >= 11 is 0. The van der Waals surface area contributed by atoms with Crippen LogP contribution in [0.5, 0.6) is 0 Å².